The number of carbonyl (C=O) groups excluding carboxylic acids is 1. The van der Waals surface area contributed by atoms with Crippen molar-refractivity contribution < 1.29 is 4.79 Å². The monoisotopic (exact) mass is 197 g/mol. The van der Waals surface area contributed by atoms with E-state index in [2.05, 4.69) is 10.2 Å². The summed E-state index contributed by atoms with van der Waals surface area (Å²) in [6, 6.07) is -0.0320. The fourth-order valence-corrected chi connectivity index (χ4v) is 2.27. The summed E-state index contributed by atoms with van der Waals surface area (Å²) < 4.78 is 0. The second kappa shape index (κ2) is 3.21. The van der Waals surface area contributed by atoms with E-state index >= 15 is 0 Å². The first-order valence-electron chi connectivity index (χ1n) is 5.31. The van der Waals surface area contributed by atoms with Crippen LogP contribution in [0.3, 0.4) is 0 Å². The first-order chi connectivity index (χ1) is 6.57. The molecule has 0 bridgehead atoms. The van der Waals surface area contributed by atoms with Gasteiger partial charge in [0.25, 0.3) is 0 Å². The minimum absolute atomic E-state index is 0.0162. The lowest BCUT2D eigenvalue weighted by Crippen LogP contribution is -2.71. The second-order valence-corrected chi connectivity index (χ2v) is 4.70. The molecule has 4 heteroatoms. The average molecular weight is 197 g/mol. The van der Waals surface area contributed by atoms with Gasteiger partial charge in [0, 0.05) is 25.7 Å². The predicted octanol–water partition coefficient (Wildman–Crippen LogP) is -0.456. The summed E-state index contributed by atoms with van der Waals surface area (Å²) in [5, 5.41) is 2.66. The Bertz CT molecular complexity index is 244. The largest absolute Gasteiger partial charge is 0.358 e. The Kier molecular flexibility index (Phi) is 2.27. The van der Waals surface area contributed by atoms with Crippen LogP contribution in [0.15, 0.2) is 0 Å². The summed E-state index contributed by atoms with van der Waals surface area (Å²) in [5.74, 6) is 0.804. The highest BCUT2D eigenvalue weighted by Gasteiger charge is 2.51. The molecule has 0 spiro atoms. The van der Waals surface area contributed by atoms with Crippen molar-refractivity contribution in [2.24, 2.45) is 11.7 Å². The molecule has 1 saturated heterocycles. The van der Waals surface area contributed by atoms with E-state index in [0.29, 0.717) is 0 Å². The third-order valence-electron chi connectivity index (χ3n) is 3.56. The molecule has 0 aromatic rings. The minimum atomic E-state index is -0.0320. The zero-order valence-electron chi connectivity index (χ0n) is 8.92. The molecule has 80 valence electrons. The van der Waals surface area contributed by atoms with Gasteiger partial charge in [-0.05, 0) is 25.7 Å². The van der Waals surface area contributed by atoms with Crippen LogP contribution in [0.2, 0.25) is 0 Å². The summed E-state index contributed by atoms with van der Waals surface area (Å²) >= 11 is 0. The van der Waals surface area contributed by atoms with E-state index in [1.54, 1.807) is 7.05 Å². The lowest BCUT2D eigenvalue weighted by Gasteiger charge is -2.50. The van der Waals surface area contributed by atoms with Gasteiger partial charge in [0.1, 0.15) is 0 Å². The summed E-state index contributed by atoms with van der Waals surface area (Å²) in [4.78, 5) is 13.5. The maximum atomic E-state index is 11.3. The molecule has 14 heavy (non-hydrogen) atoms. The summed E-state index contributed by atoms with van der Waals surface area (Å²) in [6.45, 7) is 3.70. The number of hydrogen-bond donors (Lipinski definition) is 2. The quantitative estimate of drug-likeness (QED) is 0.644. The smallest absolute Gasteiger partial charge is 0.236 e. The molecule has 0 aromatic carbocycles. The molecule has 4 nitrogen and oxygen atoms in total. The molecule has 1 unspecified atom stereocenters. The van der Waals surface area contributed by atoms with Gasteiger partial charge in [-0.1, -0.05) is 0 Å². The number of likely N-dealkylation sites (N-methyl/N-ethyl adjacent to an activating group) is 1. The zero-order valence-corrected chi connectivity index (χ0v) is 8.92. The van der Waals surface area contributed by atoms with Crippen LogP contribution in [-0.4, -0.2) is 42.5 Å². The van der Waals surface area contributed by atoms with E-state index in [9.17, 15) is 4.79 Å². The van der Waals surface area contributed by atoms with Gasteiger partial charge in [-0.3, -0.25) is 9.69 Å². The van der Waals surface area contributed by atoms with E-state index in [1.807, 2.05) is 6.92 Å². The molecule has 1 atom stereocenters. The fraction of sp³-hybridized carbons (Fsp3) is 0.900. The van der Waals surface area contributed by atoms with Gasteiger partial charge in [0.2, 0.25) is 5.91 Å². The van der Waals surface area contributed by atoms with Crippen LogP contribution in [0.25, 0.3) is 0 Å². The second-order valence-electron chi connectivity index (χ2n) is 4.70. The Balaban J connectivity index is 1.84. The van der Waals surface area contributed by atoms with Crippen LogP contribution in [0.5, 0.6) is 0 Å². The van der Waals surface area contributed by atoms with E-state index in [0.717, 1.165) is 19.0 Å². The number of nitrogens with zero attached hydrogens (tertiary/aromatic N) is 1. The fourth-order valence-electron chi connectivity index (χ4n) is 2.27. The van der Waals surface area contributed by atoms with Crippen molar-refractivity contribution in [3.05, 3.63) is 0 Å². The highest BCUT2D eigenvalue weighted by atomic mass is 16.2. The third-order valence-corrected chi connectivity index (χ3v) is 3.56. The lowest BCUT2D eigenvalue weighted by molar-refractivity contribution is -0.128. The molecule has 2 rings (SSSR count). The Hall–Kier alpha value is -0.610. The number of nitrogens with two attached hydrogens (primary N) is 1. The topological polar surface area (TPSA) is 58.4 Å². The Morgan fingerprint density at radius 3 is 2.57 bits per heavy atom. The Morgan fingerprint density at radius 2 is 2.14 bits per heavy atom. The summed E-state index contributed by atoms with van der Waals surface area (Å²) in [5.41, 5.74) is 6.22. The number of nitrogens with one attached hydrogen (secondary N) is 1. The summed E-state index contributed by atoms with van der Waals surface area (Å²) in [7, 11) is 1.68. The minimum Gasteiger partial charge on any atom is -0.358 e. The van der Waals surface area contributed by atoms with Crippen LogP contribution in [-0.2, 0) is 4.79 Å². The number of likely N-dealkylation sites (tertiary alicyclic amines) is 1. The maximum Gasteiger partial charge on any atom is 0.236 e. The first kappa shape index (κ1) is 9.93. The van der Waals surface area contributed by atoms with E-state index in [4.69, 9.17) is 5.73 Å². The number of rotatable bonds is 3. The van der Waals surface area contributed by atoms with E-state index in [1.165, 1.54) is 12.8 Å². The third kappa shape index (κ3) is 1.53. The number of carbonyl (C=O) groups is 1. The molecule has 2 aliphatic rings. The number of amides is 1. The van der Waals surface area contributed by atoms with Crippen LogP contribution >= 0.6 is 0 Å². The van der Waals surface area contributed by atoms with Crippen LogP contribution in [0.4, 0.5) is 0 Å². The molecule has 2 fully saturated rings. The van der Waals surface area contributed by atoms with Crippen molar-refractivity contribution in [2.75, 3.05) is 20.1 Å². The molecule has 3 N–H and O–H groups in total. The van der Waals surface area contributed by atoms with Crippen LogP contribution in [0.1, 0.15) is 19.8 Å². The Labute approximate surface area is 84.8 Å². The van der Waals surface area contributed by atoms with E-state index < -0.39 is 0 Å². The standard InChI is InChI=1S/C10H19N3O/c1-7(9(14)12-2)13-5-10(11,6-13)8-3-4-8/h7-8H,3-6,11H2,1-2H3,(H,12,14). The molecule has 0 aromatic heterocycles. The van der Waals surface area contributed by atoms with Gasteiger partial charge in [-0.25, -0.2) is 0 Å². The van der Waals surface area contributed by atoms with Gasteiger partial charge in [0.15, 0.2) is 0 Å². The van der Waals surface area contributed by atoms with Gasteiger partial charge in [-0.15, -0.1) is 0 Å². The summed E-state index contributed by atoms with van der Waals surface area (Å²) in [6.07, 6.45) is 2.55. The maximum absolute atomic E-state index is 11.3. The molecule has 0 radical (unpaired) electrons. The van der Waals surface area contributed by atoms with Crippen molar-refractivity contribution in [2.45, 2.75) is 31.3 Å². The molecule has 1 saturated carbocycles. The molecule has 1 heterocycles. The van der Waals surface area contributed by atoms with Gasteiger partial charge in [0.05, 0.1) is 6.04 Å². The first-order valence-corrected chi connectivity index (χ1v) is 5.31. The SMILES string of the molecule is CNC(=O)C(C)N1CC(N)(C2CC2)C1. The predicted molar refractivity (Wildman–Crippen MR) is 54.7 cm³/mol. The molecule has 1 aliphatic heterocycles. The van der Waals surface area contributed by atoms with Crippen molar-refractivity contribution in [1.29, 1.82) is 0 Å². The van der Waals surface area contributed by atoms with E-state index in [-0.39, 0.29) is 17.5 Å². The molecular weight excluding hydrogens is 178 g/mol. The average Bonchev–Trinajstić information content (AvgIpc) is 2.93. The van der Waals surface area contributed by atoms with Crippen molar-refractivity contribution in [3.8, 4) is 0 Å². The van der Waals surface area contributed by atoms with Gasteiger partial charge in [-0.2, -0.15) is 0 Å². The Morgan fingerprint density at radius 1 is 1.57 bits per heavy atom. The molecule has 1 aliphatic carbocycles. The van der Waals surface area contributed by atoms with Crippen molar-refractivity contribution in [3.63, 3.8) is 0 Å². The normalized spacial score (nSPS) is 27.9. The van der Waals surface area contributed by atoms with Gasteiger partial charge >= 0.3 is 0 Å². The number of hydrogen-bond acceptors (Lipinski definition) is 3. The zero-order chi connectivity index (χ0) is 10.3. The van der Waals surface area contributed by atoms with Crippen LogP contribution in [0, 0.1) is 5.92 Å². The van der Waals surface area contributed by atoms with Crippen LogP contribution < -0.4 is 11.1 Å². The highest BCUT2D eigenvalue weighted by Crippen LogP contribution is 2.43. The van der Waals surface area contributed by atoms with Crippen molar-refractivity contribution >= 4 is 5.91 Å². The van der Waals surface area contributed by atoms with Gasteiger partial charge < -0.3 is 11.1 Å². The van der Waals surface area contributed by atoms with Crippen molar-refractivity contribution in [1.82, 2.24) is 10.2 Å². The highest BCUT2D eigenvalue weighted by molar-refractivity contribution is 5.81. The molecule has 1 amide bonds. The molecular formula is C10H19N3O. The lowest BCUT2D eigenvalue weighted by atomic mass is 9.84.